The van der Waals surface area contributed by atoms with Gasteiger partial charge in [-0.3, -0.25) is 0 Å². The fourth-order valence-electron chi connectivity index (χ4n) is 3.62. The lowest BCUT2D eigenvalue weighted by Gasteiger charge is -2.31. The van der Waals surface area contributed by atoms with Crippen molar-refractivity contribution < 1.29 is 9.53 Å². The van der Waals surface area contributed by atoms with E-state index in [0.29, 0.717) is 25.1 Å². The number of hydrogen-bond acceptors (Lipinski definition) is 3. The van der Waals surface area contributed by atoms with E-state index in [0.717, 1.165) is 50.3 Å². The topological polar surface area (TPSA) is 44.8 Å². The van der Waals surface area contributed by atoms with Crippen LogP contribution in [0.5, 0.6) is 5.75 Å². The van der Waals surface area contributed by atoms with Crippen molar-refractivity contribution in [1.29, 1.82) is 0 Å². The summed E-state index contributed by atoms with van der Waals surface area (Å²) < 4.78 is 5.95. The lowest BCUT2D eigenvalue weighted by atomic mass is 10.1. The Bertz CT molecular complexity index is 595. The molecule has 0 radical (unpaired) electrons. The molecule has 2 amide bonds. The summed E-state index contributed by atoms with van der Waals surface area (Å²) in [5, 5.41) is 3.12. The summed E-state index contributed by atoms with van der Waals surface area (Å²) in [4.78, 5) is 17.2. The molecule has 5 heteroatoms. The van der Waals surface area contributed by atoms with Gasteiger partial charge >= 0.3 is 6.03 Å². The predicted octanol–water partition coefficient (Wildman–Crippen LogP) is 3.02. The number of hydrogen-bond donors (Lipinski definition) is 1. The summed E-state index contributed by atoms with van der Waals surface area (Å²) in [6, 6.07) is 6.65. The number of fused-ring (bicyclic) bond motifs is 4. The molecule has 0 unspecified atom stereocenters. The molecule has 3 fully saturated rings. The van der Waals surface area contributed by atoms with Crippen LogP contribution in [0.2, 0.25) is 0 Å². The number of ether oxygens (including phenoxy) is 1. The van der Waals surface area contributed by atoms with Gasteiger partial charge in [0.2, 0.25) is 0 Å². The van der Waals surface area contributed by atoms with Crippen molar-refractivity contribution in [3.8, 4) is 5.75 Å². The Balaban J connectivity index is 1.61. The molecule has 1 aromatic carbocycles. The molecule has 4 rings (SSSR count). The number of aryl methyl sites for hydroxylation is 1. The molecule has 0 atom stereocenters. The zero-order valence-corrected chi connectivity index (χ0v) is 15.8. The summed E-state index contributed by atoms with van der Waals surface area (Å²) in [6.45, 7) is 11.6. The Morgan fingerprint density at radius 3 is 2.72 bits per heavy atom. The van der Waals surface area contributed by atoms with Crippen LogP contribution in [-0.4, -0.2) is 54.7 Å². The normalized spacial score (nSPS) is 22.8. The third-order valence-corrected chi connectivity index (χ3v) is 5.14. The SMILES string of the molecule is Cc1ccc(CNC(=O)N2CCN3CCC2CC3)c(OCC(C)C)c1. The quantitative estimate of drug-likeness (QED) is 0.892. The van der Waals surface area contributed by atoms with Gasteiger partial charge in [-0.15, -0.1) is 0 Å². The second-order valence-electron chi connectivity index (χ2n) is 7.74. The van der Waals surface area contributed by atoms with E-state index in [4.69, 9.17) is 4.74 Å². The first kappa shape index (κ1) is 18.1. The van der Waals surface area contributed by atoms with E-state index in [1.54, 1.807) is 0 Å². The largest absolute Gasteiger partial charge is 0.493 e. The maximum absolute atomic E-state index is 12.7. The van der Waals surface area contributed by atoms with E-state index < -0.39 is 0 Å². The van der Waals surface area contributed by atoms with Gasteiger partial charge in [-0.25, -0.2) is 4.79 Å². The third kappa shape index (κ3) is 4.66. The van der Waals surface area contributed by atoms with Crippen LogP contribution in [0.1, 0.15) is 37.8 Å². The summed E-state index contributed by atoms with van der Waals surface area (Å²) in [6.07, 6.45) is 2.20. The molecule has 1 aromatic rings. The fourth-order valence-corrected chi connectivity index (χ4v) is 3.62. The highest BCUT2D eigenvalue weighted by Gasteiger charge is 2.31. The summed E-state index contributed by atoms with van der Waals surface area (Å²) >= 11 is 0. The molecule has 0 aromatic heterocycles. The third-order valence-electron chi connectivity index (χ3n) is 5.14. The highest BCUT2D eigenvalue weighted by atomic mass is 16.5. The monoisotopic (exact) mass is 345 g/mol. The van der Waals surface area contributed by atoms with Crippen molar-refractivity contribution in [3.05, 3.63) is 29.3 Å². The van der Waals surface area contributed by atoms with Crippen LogP contribution in [0.3, 0.4) is 0 Å². The number of carbonyl (C=O) groups is 1. The van der Waals surface area contributed by atoms with Crippen LogP contribution < -0.4 is 10.1 Å². The van der Waals surface area contributed by atoms with Gasteiger partial charge in [0.05, 0.1) is 6.61 Å². The van der Waals surface area contributed by atoms with Gasteiger partial charge < -0.3 is 19.9 Å². The van der Waals surface area contributed by atoms with Gasteiger partial charge in [0.25, 0.3) is 0 Å². The summed E-state index contributed by atoms with van der Waals surface area (Å²) in [5.74, 6) is 1.36. The lowest BCUT2D eigenvalue weighted by molar-refractivity contribution is 0.170. The van der Waals surface area contributed by atoms with Gasteiger partial charge in [0.15, 0.2) is 0 Å². The highest BCUT2D eigenvalue weighted by Crippen LogP contribution is 2.23. The number of nitrogens with zero attached hydrogens (tertiary/aromatic N) is 2. The molecule has 3 aliphatic heterocycles. The number of nitrogens with one attached hydrogen (secondary N) is 1. The smallest absolute Gasteiger partial charge is 0.317 e. The zero-order chi connectivity index (χ0) is 17.8. The van der Waals surface area contributed by atoms with Crippen LogP contribution in [-0.2, 0) is 6.54 Å². The standard InChI is InChI=1S/C20H31N3O2/c1-15(2)14-25-19-12-16(3)4-5-17(19)13-21-20(24)23-11-10-22-8-6-18(23)7-9-22/h4-5,12,15,18H,6-11,13-14H2,1-3H3,(H,21,24). The van der Waals surface area contributed by atoms with Gasteiger partial charge in [0.1, 0.15) is 5.75 Å². The molecule has 3 saturated heterocycles. The Labute approximate surface area is 151 Å². The average Bonchev–Trinajstić information content (AvgIpc) is 2.92. The van der Waals surface area contributed by atoms with E-state index in [-0.39, 0.29) is 6.03 Å². The van der Waals surface area contributed by atoms with Gasteiger partial charge in [-0.05, 0) is 37.3 Å². The Hall–Kier alpha value is -1.75. The van der Waals surface area contributed by atoms with Crippen molar-refractivity contribution in [2.75, 3.05) is 32.8 Å². The summed E-state index contributed by atoms with van der Waals surface area (Å²) in [7, 11) is 0. The molecule has 1 N–H and O–H groups in total. The first-order chi connectivity index (χ1) is 12.0. The van der Waals surface area contributed by atoms with E-state index in [2.05, 4.69) is 49.2 Å². The van der Waals surface area contributed by atoms with Gasteiger partial charge in [-0.2, -0.15) is 0 Å². The van der Waals surface area contributed by atoms with Gasteiger partial charge in [-0.1, -0.05) is 26.0 Å². The molecule has 5 nitrogen and oxygen atoms in total. The highest BCUT2D eigenvalue weighted by molar-refractivity contribution is 5.74. The Morgan fingerprint density at radius 2 is 2.00 bits per heavy atom. The van der Waals surface area contributed by atoms with Crippen molar-refractivity contribution >= 4 is 6.03 Å². The minimum atomic E-state index is 0.0594. The maximum atomic E-state index is 12.7. The molecule has 0 spiro atoms. The van der Waals surface area contributed by atoms with E-state index in [9.17, 15) is 4.79 Å². The minimum absolute atomic E-state index is 0.0594. The predicted molar refractivity (Wildman–Crippen MR) is 99.9 cm³/mol. The molecule has 25 heavy (non-hydrogen) atoms. The molecule has 3 heterocycles. The molecule has 0 saturated carbocycles. The molecule has 0 aliphatic carbocycles. The van der Waals surface area contributed by atoms with E-state index >= 15 is 0 Å². The molecule has 2 bridgehead atoms. The number of carbonyl (C=O) groups excluding carboxylic acids is 1. The lowest BCUT2D eigenvalue weighted by Crippen LogP contribution is -2.46. The van der Waals surface area contributed by atoms with E-state index in [1.165, 1.54) is 5.56 Å². The Kier molecular flexibility index (Phi) is 5.84. The second kappa shape index (κ2) is 8.09. The van der Waals surface area contributed by atoms with Crippen LogP contribution in [0.4, 0.5) is 4.79 Å². The first-order valence-electron chi connectivity index (χ1n) is 9.52. The zero-order valence-electron chi connectivity index (χ0n) is 15.8. The Morgan fingerprint density at radius 1 is 1.24 bits per heavy atom. The number of rotatable bonds is 5. The molecular weight excluding hydrogens is 314 g/mol. The summed E-state index contributed by atoms with van der Waals surface area (Å²) in [5.41, 5.74) is 2.22. The molecular formula is C20H31N3O2. The van der Waals surface area contributed by atoms with Crippen LogP contribution in [0, 0.1) is 12.8 Å². The van der Waals surface area contributed by atoms with Crippen molar-refractivity contribution in [2.45, 2.75) is 46.2 Å². The molecule has 138 valence electrons. The number of amides is 2. The fraction of sp³-hybridized carbons (Fsp3) is 0.650. The van der Waals surface area contributed by atoms with Crippen LogP contribution in [0.15, 0.2) is 18.2 Å². The minimum Gasteiger partial charge on any atom is -0.493 e. The second-order valence-corrected chi connectivity index (χ2v) is 7.74. The molecule has 3 aliphatic rings. The van der Waals surface area contributed by atoms with E-state index in [1.807, 2.05) is 4.90 Å². The number of urea groups is 1. The maximum Gasteiger partial charge on any atom is 0.317 e. The number of piperidine rings is 1. The van der Waals surface area contributed by atoms with Crippen molar-refractivity contribution in [3.63, 3.8) is 0 Å². The average molecular weight is 345 g/mol. The van der Waals surface area contributed by atoms with Crippen molar-refractivity contribution in [1.82, 2.24) is 15.1 Å². The van der Waals surface area contributed by atoms with Crippen molar-refractivity contribution in [2.24, 2.45) is 5.92 Å². The van der Waals surface area contributed by atoms with Crippen LogP contribution in [0.25, 0.3) is 0 Å². The van der Waals surface area contributed by atoms with Crippen LogP contribution >= 0.6 is 0 Å². The van der Waals surface area contributed by atoms with Gasteiger partial charge in [0, 0.05) is 44.3 Å². The first-order valence-corrected chi connectivity index (χ1v) is 9.52. The number of benzene rings is 1.